The van der Waals surface area contributed by atoms with Gasteiger partial charge in [0.25, 0.3) is 0 Å². The molecule has 0 radical (unpaired) electrons. The number of ether oxygens (including phenoxy) is 1. The third kappa shape index (κ3) is 4.53. The Labute approximate surface area is 83.7 Å². The fourth-order valence-corrected chi connectivity index (χ4v) is 1.63. The quantitative estimate of drug-likeness (QED) is 0.608. The van der Waals surface area contributed by atoms with E-state index in [1.165, 1.54) is 14.2 Å². The van der Waals surface area contributed by atoms with Crippen molar-refractivity contribution < 1.29 is 18.3 Å². The monoisotopic (exact) mass is 222 g/mol. The van der Waals surface area contributed by atoms with Crippen molar-refractivity contribution in [1.29, 1.82) is 5.26 Å². The second-order valence-corrected chi connectivity index (χ2v) is 4.88. The summed E-state index contributed by atoms with van der Waals surface area (Å²) >= 11 is 0. The first-order valence-electron chi connectivity index (χ1n) is 3.92. The Morgan fingerprint density at radius 3 is 2.64 bits per heavy atom. The minimum absolute atomic E-state index is 0.0619. The molecule has 0 fully saturated rings. The summed E-state index contributed by atoms with van der Waals surface area (Å²) in [6.45, 7) is -0.00966. The van der Waals surface area contributed by atoms with E-state index in [0.717, 1.165) is 4.31 Å². The first kappa shape index (κ1) is 13.3. The molecule has 0 spiro atoms. The minimum Gasteiger partial charge on any atom is -0.389 e. The number of aliphatic hydroxyl groups is 1. The first-order valence-corrected chi connectivity index (χ1v) is 5.53. The maximum Gasteiger partial charge on any atom is 0.227 e. The summed E-state index contributed by atoms with van der Waals surface area (Å²) in [5, 5.41) is 17.5. The third-order valence-corrected chi connectivity index (χ3v) is 3.14. The number of likely N-dealkylation sites (N-methyl/N-ethyl adjacent to an activating group) is 1. The Balaban J connectivity index is 4.21. The number of aliphatic hydroxyl groups excluding tert-OH is 1. The van der Waals surface area contributed by atoms with Crippen molar-refractivity contribution >= 4 is 10.0 Å². The molecular weight excluding hydrogens is 208 g/mol. The number of rotatable bonds is 6. The van der Waals surface area contributed by atoms with E-state index in [9.17, 15) is 13.5 Å². The molecule has 0 aliphatic carbocycles. The molecule has 0 aromatic heterocycles. The van der Waals surface area contributed by atoms with Gasteiger partial charge in [0.1, 0.15) is 0 Å². The zero-order valence-corrected chi connectivity index (χ0v) is 8.99. The number of hydrogen-bond acceptors (Lipinski definition) is 5. The second kappa shape index (κ2) is 5.93. The van der Waals surface area contributed by atoms with Gasteiger partial charge >= 0.3 is 0 Å². The summed E-state index contributed by atoms with van der Waals surface area (Å²) in [5.74, 6) is -0.580. The number of nitriles is 1. The molecule has 0 amide bonds. The molecule has 0 aromatic rings. The van der Waals surface area contributed by atoms with Gasteiger partial charge in [-0.25, -0.2) is 12.7 Å². The van der Waals surface area contributed by atoms with Crippen LogP contribution in [0.4, 0.5) is 0 Å². The topological polar surface area (TPSA) is 90.6 Å². The van der Waals surface area contributed by atoms with Crippen LogP contribution >= 0.6 is 0 Å². The molecule has 0 bridgehead atoms. The zero-order chi connectivity index (χ0) is 11.2. The van der Waals surface area contributed by atoms with Crippen LogP contribution < -0.4 is 0 Å². The Bertz CT molecular complexity index is 295. The van der Waals surface area contributed by atoms with Gasteiger partial charge in [-0.15, -0.1) is 0 Å². The van der Waals surface area contributed by atoms with E-state index in [1.54, 1.807) is 6.07 Å². The normalized spacial score (nSPS) is 13.9. The van der Waals surface area contributed by atoms with Crippen molar-refractivity contribution in [3.63, 3.8) is 0 Å². The van der Waals surface area contributed by atoms with Crippen LogP contribution in [0.25, 0.3) is 0 Å². The van der Waals surface area contributed by atoms with E-state index in [2.05, 4.69) is 4.74 Å². The molecule has 1 unspecified atom stereocenters. The van der Waals surface area contributed by atoms with Crippen molar-refractivity contribution in [3.8, 4) is 6.07 Å². The van der Waals surface area contributed by atoms with E-state index in [4.69, 9.17) is 5.26 Å². The molecule has 0 aromatic carbocycles. The number of nitrogens with zero attached hydrogens (tertiary/aromatic N) is 2. The van der Waals surface area contributed by atoms with Crippen molar-refractivity contribution in [2.24, 2.45) is 0 Å². The average molecular weight is 222 g/mol. The van der Waals surface area contributed by atoms with Gasteiger partial charge in [-0.05, 0) is 0 Å². The van der Waals surface area contributed by atoms with Crippen LogP contribution in [0.2, 0.25) is 0 Å². The lowest BCUT2D eigenvalue weighted by atomic mass is 10.4. The number of hydrogen-bond donors (Lipinski definition) is 1. The van der Waals surface area contributed by atoms with E-state index in [1.807, 2.05) is 0 Å². The summed E-state index contributed by atoms with van der Waals surface area (Å²) in [4.78, 5) is 0. The molecule has 1 atom stereocenters. The van der Waals surface area contributed by atoms with Crippen LogP contribution in [0.3, 0.4) is 0 Å². The lowest BCUT2D eigenvalue weighted by Crippen LogP contribution is -2.37. The van der Waals surface area contributed by atoms with Crippen LogP contribution in [0.1, 0.15) is 0 Å². The Morgan fingerprint density at radius 1 is 1.64 bits per heavy atom. The number of sulfonamides is 1. The van der Waals surface area contributed by atoms with Crippen LogP contribution in [0.15, 0.2) is 0 Å². The highest BCUT2D eigenvalue weighted by molar-refractivity contribution is 7.89. The summed E-state index contributed by atoms with van der Waals surface area (Å²) in [7, 11) is -0.846. The molecule has 6 nitrogen and oxygen atoms in total. The van der Waals surface area contributed by atoms with Gasteiger partial charge in [-0.3, -0.25) is 0 Å². The maximum atomic E-state index is 11.2. The lowest BCUT2D eigenvalue weighted by Gasteiger charge is -2.18. The Kier molecular flexibility index (Phi) is 5.64. The average Bonchev–Trinajstić information content (AvgIpc) is 2.04. The lowest BCUT2D eigenvalue weighted by molar-refractivity contribution is 0.0554. The fourth-order valence-electron chi connectivity index (χ4n) is 0.847. The highest BCUT2D eigenvalue weighted by Gasteiger charge is 2.19. The third-order valence-electron chi connectivity index (χ3n) is 1.55. The molecule has 1 N–H and O–H groups in total. The molecule has 14 heavy (non-hydrogen) atoms. The largest absolute Gasteiger partial charge is 0.389 e. The molecule has 0 aliphatic heterocycles. The maximum absolute atomic E-state index is 11.2. The molecule has 82 valence electrons. The molecule has 0 rings (SSSR count). The van der Waals surface area contributed by atoms with Gasteiger partial charge in [0.15, 0.2) is 5.75 Å². The van der Waals surface area contributed by atoms with Crippen LogP contribution in [-0.4, -0.2) is 57.0 Å². The summed E-state index contributed by atoms with van der Waals surface area (Å²) < 4.78 is 28.0. The van der Waals surface area contributed by atoms with E-state index >= 15 is 0 Å². The smallest absolute Gasteiger partial charge is 0.227 e. The van der Waals surface area contributed by atoms with Crippen molar-refractivity contribution in [2.45, 2.75) is 6.10 Å². The van der Waals surface area contributed by atoms with Gasteiger partial charge in [-0.2, -0.15) is 5.26 Å². The molecule has 7 heteroatoms. The second-order valence-electron chi connectivity index (χ2n) is 2.80. The predicted molar refractivity (Wildman–Crippen MR) is 49.9 cm³/mol. The van der Waals surface area contributed by atoms with Gasteiger partial charge in [0.2, 0.25) is 10.0 Å². The molecule has 0 saturated carbocycles. The van der Waals surface area contributed by atoms with Crippen LogP contribution in [0.5, 0.6) is 0 Å². The molecular formula is C7H14N2O4S. The highest BCUT2D eigenvalue weighted by atomic mass is 32.2. The van der Waals surface area contributed by atoms with Gasteiger partial charge < -0.3 is 9.84 Å². The first-order chi connectivity index (χ1) is 6.44. The minimum atomic E-state index is -3.57. The summed E-state index contributed by atoms with van der Waals surface area (Å²) in [6.07, 6.45) is -0.876. The zero-order valence-electron chi connectivity index (χ0n) is 8.17. The van der Waals surface area contributed by atoms with Crippen LogP contribution in [-0.2, 0) is 14.8 Å². The van der Waals surface area contributed by atoms with Crippen LogP contribution in [0, 0.1) is 11.3 Å². The highest BCUT2D eigenvalue weighted by Crippen LogP contribution is 1.99. The Morgan fingerprint density at radius 2 is 2.21 bits per heavy atom. The van der Waals surface area contributed by atoms with Crippen molar-refractivity contribution in [2.75, 3.05) is 33.1 Å². The van der Waals surface area contributed by atoms with Gasteiger partial charge in [-0.1, -0.05) is 0 Å². The van der Waals surface area contributed by atoms with Crippen molar-refractivity contribution in [3.05, 3.63) is 0 Å². The molecule has 0 saturated heterocycles. The van der Waals surface area contributed by atoms with E-state index < -0.39 is 21.9 Å². The summed E-state index contributed by atoms with van der Waals surface area (Å²) in [6, 6.07) is 1.55. The SMILES string of the molecule is COCC(O)CN(C)S(=O)(=O)CC#N. The van der Waals surface area contributed by atoms with Gasteiger partial charge in [0.05, 0.1) is 18.8 Å². The predicted octanol–water partition coefficient (Wildman–Crippen LogP) is -1.22. The fraction of sp³-hybridized carbons (Fsp3) is 0.857. The number of methoxy groups -OCH3 is 1. The van der Waals surface area contributed by atoms with E-state index in [0.29, 0.717) is 0 Å². The van der Waals surface area contributed by atoms with E-state index in [-0.39, 0.29) is 13.2 Å². The Hall–Kier alpha value is -0.680. The van der Waals surface area contributed by atoms with Gasteiger partial charge in [0, 0.05) is 20.7 Å². The molecule has 0 heterocycles. The van der Waals surface area contributed by atoms with Crippen molar-refractivity contribution in [1.82, 2.24) is 4.31 Å². The molecule has 0 aliphatic rings. The standard InChI is InChI=1S/C7H14N2O4S/c1-9(5-7(10)6-13-2)14(11,12)4-3-8/h7,10H,4-6H2,1-2H3. The summed E-state index contributed by atoms with van der Waals surface area (Å²) in [5.41, 5.74) is 0.